The van der Waals surface area contributed by atoms with Gasteiger partial charge in [-0.1, -0.05) is 68.4 Å². The molecule has 0 aliphatic carbocycles. The number of imidazole rings is 1. The van der Waals surface area contributed by atoms with Gasteiger partial charge in [-0.2, -0.15) is 0 Å². The van der Waals surface area contributed by atoms with Gasteiger partial charge in [-0.3, -0.25) is 57.7 Å². The Labute approximate surface area is 535 Å². The Hall–Kier alpha value is -11.0. The number of aromatic amines is 1. The van der Waals surface area contributed by atoms with Crippen LogP contribution in [0.4, 0.5) is 0 Å². The maximum absolute atomic E-state index is 15.0. The molecular formula is C60H76N18O16. The molecule has 0 saturated carbocycles. The van der Waals surface area contributed by atoms with Gasteiger partial charge in [-0.25, -0.2) is 9.78 Å². The summed E-state index contributed by atoms with van der Waals surface area (Å²) >= 11 is 0. The van der Waals surface area contributed by atoms with Crippen molar-refractivity contribution in [2.75, 3.05) is 19.8 Å². The number of amides is 11. The number of phenols is 1. The lowest BCUT2D eigenvalue weighted by atomic mass is 9.88. The molecule has 94 heavy (non-hydrogen) atoms. The largest absolute Gasteiger partial charge is 0.508 e. The van der Waals surface area contributed by atoms with E-state index in [0.717, 1.165) is 0 Å². The van der Waals surface area contributed by atoms with E-state index in [1.165, 1.54) is 79.6 Å². The SMILES string of the molecule is CC(C)[C@H](NC(=O)[C@H]1NC(=O)[C@H](CO)NC(=O)[C@H](CC(N)=O)NC(=O)[C@@H](N)Cc2c[nH]c3cc(ccc23)[C@H]1C(N)=O)C(=O)N[C@H]1Cc2cn(cn2)[C@H](c2ccc(O)cc2)[C@@H](C(=O)N[C@@H](CCCN=C(N)N)C(=O)N[C@@H](Cc2ccccc2)C(=O)O)NC(=O)[C@H](CO)NC1=O. The summed E-state index contributed by atoms with van der Waals surface area (Å²) in [6.45, 7) is 0.666. The molecule has 0 saturated heterocycles. The van der Waals surface area contributed by atoms with Crippen LogP contribution in [0, 0.1) is 5.92 Å². The number of primary amides is 2. The van der Waals surface area contributed by atoms with Crippen LogP contribution < -0.4 is 76.5 Å². The smallest absolute Gasteiger partial charge is 0.326 e. The standard InChI is InChI=1S/C60H76N18O16/c1-27(2)45(75-57(91)46-44(49(63)83)30-12-15-34-31(22-67-37(34)19-30)18-35(61)50(84)70-39(21-43(62)82)53(87)74-41(24-79)54(88)76-46)56(90)71-38-20-32-23-78(26-68-32)48(29-10-13-33(81)14-11-29)47(77-55(89)42(25-80)73-52(38)86)58(92)69-36(9-6-16-66-60(64)65)51(85)72-40(59(93)94)17-28-7-4-3-5-8-28/h3-5,7-8,10-15,19,22-23,26-27,35-36,38-42,44-48,67,79-81H,6,9,16-18,20-21,24-25,61H2,1-2H3,(H2,62,82)(H2,63,83)(H,69,92)(H,70,84)(H,71,90)(H,72,85)(H,73,86)(H,74,87)(H,75,91)(H,76,88)(H,77,89)(H,93,94)(H4,64,65,66)/t35-,36-,38-,39-,40-,41-,42-,44+,45-,46-,47-,48+/m0/s1. The highest BCUT2D eigenvalue weighted by Gasteiger charge is 2.43. The molecule has 8 rings (SSSR count). The van der Waals surface area contributed by atoms with Crippen molar-refractivity contribution >= 4 is 87.8 Å². The molecule has 12 atom stereocenters. The monoisotopic (exact) mass is 1300 g/mol. The Morgan fingerprint density at radius 3 is 1.95 bits per heavy atom. The van der Waals surface area contributed by atoms with Crippen molar-refractivity contribution in [2.24, 2.45) is 39.6 Å². The molecule has 6 bridgehead atoms. The molecule has 2 aromatic heterocycles. The molecular weight excluding hydrogens is 1230 g/mol. The fourth-order valence-corrected chi connectivity index (χ4v) is 10.8. The molecule has 3 aliphatic heterocycles. The summed E-state index contributed by atoms with van der Waals surface area (Å²) in [5, 5.41) is 64.3. The summed E-state index contributed by atoms with van der Waals surface area (Å²) in [6, 6.07) is -0.278. The van der Waals surface area contributed by atoms with Crippen molar-refractivity contribution in [3.05, 3.63) is 119 Å². The number of hydrogen-bond donors (Lipinski definition) is 19. The minimum absolute atomic E-state index is 0.0247. The van der Waals surface area contributed by atoms with Crippen LogP contribution in [-0.2, 0) is 76.8 Å². The number of aromatic nitrogens is 3. The number of aliphatic carboxylic acids is 1. The van der Waals surface area contributed by atoms with Gasteiger partial charge in [-0.15, -0.1) is 0 Å². The van der Waals surface area contributed by atoms with Crippen LogP contribution in [0.1, 0.15) is 73.0 Å². The number of fused-ring (bicyclic) bond motifs is 14. The number of carbonyl (C=O) groups excluding carboxylic acids is 11. The molecule has 502 valence electrons. The van der Waals surface area contributed by atoms with E-state index >= 15 is 0 Å². The Kier molecular flexibility index (Phi) is 23.9. The Bertz CT molecular complexity index is 3670. The molecule has 0 radical (unpaired) electrons. The van der Waals surface area contributed by atoms with E-state index in [0.29, 0.717) is 22.0 Å². The highest BCUT2D eigenvalue weighted by molar-refractivity contribution is 6.02. The lowest BCUT2D eigenvalue weighted by molar-refractivity contribution is -0.142. The van der Waals surface area contributed by atoms with Crippen LogP contribution in [0.5, 0.6) is 5.75 Å². The third-order valence-corrected chi connectivity index (χ3v) is 15.7. The lowest BCUT2D eigenvalue weighted by Gasteiger charge is -2.32. The van der Waals surface area contributed by atoms with Crippen LogP contribution in [0.3, 0.4) is 0 Å². The van der Waals surface area contributed by atoms with Gasteiger partial charge in [0.25, 0.3) is 0 Å². The number of nitrogens with two attached hydrogens (primary N) is 5. The van der Waals surface area contributed by atoms with E-state index in [-0.39, 0.29) is 60.8 Å². The Morgan fingerprint density at radius 1 is 0.713 bits per heavy atom. The third kappa shape index (κ3) is 18.2. The van der Waals surface area contributed by atoms with Gasteiger partial charge in [0.2, 0.25) is 65.0 Å². The first-order valence-corrected chi connectivity index (χ1v) is 29.7. The number of H-pyrrole nitrogens is 1. The minimum atomic E-state index is -2.07. The molecule has 34 nitrogen and oxygen atoms in total. The van der Waals surface area contributed by atoms with Crippen molar-refractivity contribution in [1.29, 1.82) is 0 Å². The van der Waals surface area contributed by atoms with Gasteiger partial charge < -0.3 is 106 Å². The molecule has 24 N–H and O–H groups in total. The molecule has 11 amide bonds. The number of nitrogens with one attached hydrogen (secondary N) is 10. The summed E-state index contributed by atoms with van der Waals surface area (Å²) in [5.41, 5.74) is 30.4. The van der Waals surface area contributed by atoms with E-state index in [1.54, 1.807) is 30.3 Å². The van der Waals surface area contributed by atoms with Crippen molar-refractivity contribution in [3.8, 4) is 5.75 Å². The summed E-state index contributed by atoms with van der Waals surface area (Å²) in [7, 11) is 0. The quantitative estimate of drug-likeness (QED) is 0.0133. The first-order valence-electron chi connectivity index (χ1n) is 29.7. The van der Waals surface area contributed by atoms with Crippen LogP contribution in [-0.4, -0.2) is 192 Å². The van der Waals surface area contributed by atoms with Crippen molar-refractivity contribution in [3.63, 3.8) is 0 Å². The number of aromatic hydroxyl groups is 1. The predicted octanol–water partition coefficient (Wildman–Crippen LogP) is -6.37. The van der Waals surface area contributed by atoms with E-state index in [2.05, 4.69) is 62.8 Å². The number of carboxylic acids is 1. The number of benzene rings is 3. The second-order valence-electron chi connectivity index (χ2n) is 22.9. The van der Waals surface area contributed by atoms with Crippen LogP contribution in [0.2, 0.25) is 0 Å². The highest BCUT2D eigenvalue weighted by Crippen LogP contribution is 2.29. The number of carbonyl (C=O) groups is 12. The molecule has 5 aromatic rings. The van der Waals surface area contributed by atoms with Gasteiger partial charge in [0, 0.05) is 42.7 Å². The first kappa shape index (κ1) is 70.5. The maximum Gasteiger partial charge on any atom is 0.326 e. The van der Waals surface area contributed by atoms with Gasteiger partial charge in [0.15, 0.2) is 5.96 Å². The van der Waals surface area contributed by atoms with Crippen molar-refractivity contribution < 1.29 is 78.0 Å². The molecule has 34 heteroatoms. The summed E-state index contributed by atoms with van der Waals surface area (Å²) in [4.78, 5) is 179. The normalized spacial score (nSPS) is 22.2. The number of rotatable bonds is 22. The fourth-order valence-electron chi connectivity index (χ4n) is 10.8. The summed E-state index contributed by atoms with van der Waals surface area (Å²) in [5.74, 6) is -16.8. The van der Waals surface area contributed by atoms with E-state index < -0.39 is 175 Å². The molecule has 5 heterocycles. The van der Waals surface area contributed by atoms with Gasteiger partial charge in [-0.05, 0) is 65.6 Å². The number of carboxylic acid groups (broad SMARTS) is 1. The third-order valence-electron chi connectivity index (χ3n) is 15.7. The Morgan fingerprint density at radius 2 is 1.33 bits per heavy atom. The number of hydrogen-bond acceptors (Lipinski definition) is 18. The van der Waals surface area contributed by atoms with Gasteiger partial charge >= 0.3 is 5.97 Å². The fraction of sp³-hybridized carbons (Fsp3) is 0.400. The van der Waals surface area contributed by atoms with Crippen LogP contribution in [0.25, 0.3) is 10.9 Å². The Balaban J connectivity index is 1.21. The second-order valence-corrected chi connectivity index (χ2v) is 22.9. The molecule has 0 fully saturated rings. The zero-order chi connectivity index (χ0) is 68.7. The van der Waals surface area contributed by atoms with Crippen LogP contribution >= 0.6 is 0 Å². The maximum atomic E-state index is 15.0. The summed E-state index contributed by atoms with van der Waals surface area (Å²) in [6.07, 6.45) is 2.43. The molecule has 3 aliphatic rings. The number of aliphatic hydroxyl groups is 2. The van der Waals surface area contributed by atoms with Crippen LogP contribution in [0.15, 0.2) is 96.5 Å². The van der Waals surface area contributed by atoms with Gasteiger partial charge in [0.05, 0.1) is 49.7 Å². The molecule has 0 spiro atoms. The average molecular weight is 1310 g/mol. The number of phenolic OH excluding ortho intramolecular Hbond substituents is 1. The number of nitrogens with zero attached hydrogens (tertiary/aromatic N) is 3. The van der Waals surface area contributed by atoms with E-state index in [1.807, 2.05) is 0 Å². The molecule has 3 aromatic carbocycles. The molecule has 0 unspecified atom stereocenters. The predicted molar refractivity (Wildman–Crippen MR) is 332 cm³/mol. The highest BCUT2D eigenvalue weighted by atomic mass is 16.4. The zero-order valence-electron chi connectivity index (χ0n) is 50.9. The minimum Gasteiger partial charge on any atom is -0.508 e. The van der Waals surface area contributed by atoms with Crippen molar-refractivity contribution in [2.45, 2.75) is 125 Å². The number of aliphatic imine (C=N–C) groups is 1. The zero-order valence-corrected chi connectivity index (χ0v) is 50.9. The number of guanidine groups is 1. The summed E-state index contributed by atoms with van der Waals surface area (Å²) < 4.78 is 1.36. The lowest BCUT2D eigenvalue weighted by Crippen LogP contribution is -2.63. The topological polar surface area (TPSA) is 570 Å². The van der Waals surface area contributed by atoms with Crippen molar-refractivity contribution in [1.82, 2.24) is 62.4 Å². The second kappa shape index (κ2) is 31.8. The van der Waals surface area contributed by atoms with Gasteiger partial charge in [0.1, 0.15) is 60.1 Å². The van der Waals surface area contributed by atoms with E-state index in [4.69, 9.17) is 28.7 Å². The number of aliphatic hydroxyl groups excluding tert-OH is 2. The van der Waals surface area contributed by atoms with E-state index in [9.17, 15) is 78.0 Å². The first-order chi connectivity index (χ1) is 44.7. The average Bonchev–Trinajstić information content (AvgIpc) is 1.50.